The molecule has 1 atom stereocenters. The minimum absolute atomic E-state index is 0.0780. The fraction of sp³-hybridized carbons (Fsp3) is 0.889. The van der Waals surface area contributed by atoms with Crippen molar-refractivity contribution in [1.82, 2.24) is 10.2 Å². The Labute approximate surface area is 84.2 Å². The lowest BCUT2D eigenvalue weighted by atomic mass is 10.3. The summed E-state index contributed by atoms with van der Waals surface area (Å²) in [5.74, 6) is 1.43. The van der Waals surface area contributed by atoms with E-state index < -0.39 is 0 Å². The highest BCUT2D eigenvalue weighted by atomic mass is 32.2. The van der Waals surface area contributed by atoms with Crippen LogP contribution in [0.5, 0.6) is 0 Å². The van der Waals surface area contributed by atoms with Crippen LogP contribution in [0.2, 0.25) is 0 Å². The first kappa shape index (κ1) is 10.9. The topological polar surface area (TPSA) is 32.3 Å². The van der Waals surface area contributed by atoms with Crippen molar-refractivity contribution < 1.29 is 4.79 Å². The minimum Gasteiger partial charge on any atom is -0.341 e. The van der Waals surface area contributed by atoms with Crippen molar-refractivity contribution >= 4 is 17.7 Å². The van der Waals surface area contributed by atoms with E-state index in [4.69, 9.17) is 0 Å². The van der Waals surface area contributed by atoms with Gasteiger partial charge in [-0.25, -0.2) is 0 Å². The third kappa shape index (κ3) is 2.88. The van der Waals surface area contributed by atoms with Gasteiger partial charge in [0.1, 0.15) is 0 Å². The van der Waals surface area contributed by atoms with Crippen molar-refractivity contribution in [3.05, 3.63) is 0 Å². The number of rotatable bonds is 5. The second kappa shape index (κ2) is 5.50. The van der Waals surface area contributed by atoms with E-state index in [0.29, 0.717) is 0 Å². The molecule has 0 bridgehead atoms. The molecule has 0 aromatic carbocycles. The average molecular weight is 202 g/mol. The number of thioether (sulfide) groups is 1. The van der Waals surface area contributed by atoms with Gasteiger partial charge in [0.05, 0.1) is 6.04 Å². The Bertz CT molecular complexity index is 175. The van der Waals surface area contributed by atoms with E-state index in [2.05, 4.69) is 11.6 Å². The van der Waals surface area contributed by atoms with E-state index in [0.717, 1.165) is 31.7 Å². The predicted octanol–water partition coefficient (Wildman–Crippen LogP) is 0.560. The molecule has 13 heavy (non-hydrogen) atoms. The zero-order valence-electron chi connectivity index (χ0n) is 8.38. The molecular weight excluding hydrogens is 184 g/mol. The summed E-state index contributed by atoms with van der Waals surface area (Å²) in [6.45, 7) is 1.86. The first-order valence-corrected chi connectivity index (χ1v) is 6.14. The zero-order chi connectivity index (χ0) is 9.68. The number of nitrogens with one attached hydrogen (secondary N) is 1. The molecule has 1 fully saturated rings. The van der Waals surface area contributed by atoms with E-state index in [1.165, 1.54) is 0 Å². The smallest absolute Gasteiger partial charge is 0.239 e. The lowest BCUT2D eigenvalue weighted by Crippen LogP contribution is -2.36. The molecule has 76 valence electrons. The van der Waals surface area contributed by atoms with Crippen LogP contribution in [0.3, 0.4) is 0 Å². The number of hydrogen-bond donors (Lipinski definition) is 1. The summed E-state index contributed by atoms with van der Waals surface area (Å²) < 4.78 is 0. The van der Waals surface area contributed by atoms with E-state index in [1.807, 2.05) is 23.7 Å². The summed E-state index contributed by atoms with van der Waals surface area (Å²) in [7, 11) is 1.86. The highest BCUT2D eigenvalue weighted by Crippen LogP contribution is 2.11. The SMILES string of the molecule is CNC1CCN(CCCSC)C1=O. The van der Waals surface area contributed by atoms with Crippen LogP contribution in [0.1, 0.15) is 12.8 Å². The van der Waals surface area contributed by atoms with E-state index in [1.54, 1.807) is 0 Å². The molecule has 1 unspecified atom stereocenters. The maximum Gasteiger partial charge on any atom is 0.239 e. The number of nitrogens with zero attached hydrogens (tertiary/aromatic N) is 1. The Hall–Kier alpha value is -0.220. The Balaban J connectivity index is 2.24. The van der Waals surface area contributed by atoms with Crippen LogP contribution in [0.25, 0.3) is 0 Å². The lowest BCUT2D eigenvalue weighted by Gasteiger charge is -2.15. The molecule has 0 aromatic heterocycles. The van der Waals surface area contributed by atoms with Crippen molar-refractivity contribution in [3.63, 3.8) is 0 Å². The van der Waals surface area contributed by atoms with Gasteiger partial charge in [-0.05, 0) is 31.9 Å². The summed E-state index contributed by atoms with van der Waals surface area (Å²) >= 11 is 1.84. The Morgan fingerprint density at radius 2 is 2.46 bits per heavy atom. The first-order chi connectivity index (χ1) is 6.29. The van der Waals surface area contributed by atoms with Crippen molar-refractivity contribution in [1.29, 1.82) is 0 Å². The highest BCUT2D eigenvalue weighted by molar-refractivity contribution is 7.98. The van der Waals surface area contributed by atoms with Gasteiger partial charge in [-0.1, -0.05) is 0 Å². The van der Waals surface area contributed by atoms with Gasteiger partial charge in [0.2, 0.25) is 5.91 Å². The monoisotopic (exact) mass is 202 g/mol. The molecule has 1 N–H and O–H groups in total. The van der Waals surface area contributed by atoms with Crippen molar-refractivity contribution in [2.75, 3.05) is 32.1 Å². The standard InChI is InChI=1S/C9H18N2OS/c1-10-8-4-6-11(9(8)12)5-3-7-13-2/h8,10H,3-7H2,1-2H3. The third-order valence-electron chi connectivity index (χ3n) is 2.42. The van der Waals surface area contributed by atoms with Crippen LogP contribution in [0.15, 0.2) is 0 Å². The van der Waals surface area contributed by atoms with Gasteiger partial charge in [0, 0.05) is 13.1 Å². The molecule has 1 amide bonds. The predicted molar refractivity (Wildman–Crippen MR) is 57.0 cm³/mol. The van der Waals surface area contributed by atoms with E-state index in [9.17, 15) is 4.79 Å². The van der Waals surface area contributed by atoms with Gasteiger partial charge < -0.3 is 10.2 Å². The third-order valence-corrected chi connectivity index (χ3v) is 3.12. The van der Waals surface area contributed by atoms with Crippen molar-refractivity contribution in [2.24, 2.45) is 0 Å². The summed E-state index contributed by atoms with van der Waals surface area (Å²) in [5, 5.41) is 3.04. The highest BCUT2D eigenvalue weighted by Gasteiger charge is 2.29. The number of hydrogen-bond acceptors (Lipinski definition) is 3. The second-order valence-electron chi connectivity index (χ2n) is 3.30. The van der Waals surface area contributed by atoms with E-state index in [-0.39, 0.29) is 11.9 Å². The van der Waals surface area contributed by atoms with Gasteiger partial charge >= 0.3 is 0 Å². The minimum atomic E-state index is 0.0780. The molecule has 1 saturated heterocycles. The fourth-order valence-electron chi connectivity index (χ4n) is 1.63. The van der Waals surface area contributed by atoms with Crippen LogP contribution in [0.4, 0.5) is 0 Å². The van der Waals surface area contributed by atoms with Crippen LogP contribution >= 0.6 is 11.8 Å². The molecule has 0 spiro atoms. The van der Waals surface area contributed by atoms with Crippen molar-refractivity contribution in [3.8, 4) is 0 Å². The van der Waals surface area contributed by atoms with Crippen LogP contribution in [0, 0.1) is 0 Å². The molecule has 1 rings (SSSR count). The van der Waals surface area contributed by atoms with Gasteiger partial charge in [0.15, 0.2) is 0 Å². The normalized spacial score (nSPS) is 22.8. The van der Waals surface area contributed by atoms with Gasteiger partial charge in [-0.3, -0.25) is 4.79 Å². The van der Waals surface area contributed by atoms with Crippen LogP contribution in [-0.4, -0.2) is 49.0 Å². The average Bonchev–Trinajstić information content (AvgIpc) is 2.48. The number of amides is 1. The van der Waals surface area contributed by atoms with Gasteiger partial charge in [-0.2, -0.15) is 11.8 Å². The van der Waals surface area contributed by atoms with Gasteiger partial charge in [0.25, 0.3) is 0 Å². The molecule has 1 heterocycles. The molecular formula is C9H18N2OS. The summed E-state index contributed by atoms with van der Waals surface area (Å²) in [6, 6.07) is 0.0780. The van der Waals surface area contributed by atoms with E-state index >= 15 is 0 Å². The Morgan fingerprint density at radius 1 is 1.69 bits per heavy atom. The Kier molecular flexibility index (Phi) is 4.59. The second-order valence-corrected chi connectivity index (χ2v) is 4.29. The summed E-state index contributed by atoms with van der Waals surface area (Å²) in [5.41, 5.74) is 0. The summed E-state index contributed by atoms with van der Waals surface area (Å²) in [6.07, 6.45) is 4.18. The first-order valence-electron chi connectivity index (χ1n) is 4.74. The number of likely N-dealkylation sites (tertiary alicyclic amines) is 1. The molecule has 1 aliphatic rings. The molecule has 0 aromatic rings. The van der Waals surface area contributed by atoms with Crippen LogP contribution in [-0.2, 0) is 4.79 Å². The molecule has 3 nitrogen and oxygen atoms in total. The number of likely N-dealkylation sites (N-methyl/N-ethyl adjacent to an activating group) is 1. The molecule has 1 aliphatic heterocycles. The van der Waals surface area contributed by atoms with Gasteiger partial charge in [-0.15, -0.1) is 0 Å². The quantitative estimate of drug-likeness (QED) is 0.661. The molecule has 0 saturated carbocycles. The molecule has 4 heteroatoms. The Morgan fingerprint density at radius 3 is 3.00 bits per heavy atom. The number of carbonyl (C=O) groups is 1. The summed E-state index contributed by atoms with van der Waals surface area (Å²) in [4.78, 5) is 13.6. The van der Waals surface area contributed by atoms with Crippen LogP contribution < -0.4 is 5.32 Å². The maximum atomic E-state index is 11.6. The lowest BCUT2D eigenvalue weighted by molar-refractivity contribution is -0.129. The fourth-order valence-corrected chi connectivity index (χ4v) is 2.05. The zero-order valence-corrected chi connectivity index (χ0v) is 9.19. The van der Waals surface area contributed by atoms with Crippen molar-refractivity contribution in [2.45, 2.75) is 18.9 Å². The largest absolute Gasteiger partial charge is 0.341 e. The maximum absolute atomic E-state index is 11.6. The number of carbonyl (C=O) groups excluding carboxylic acids is 1. The molecule has 0 radical (unpaired) electrons. The molecule has 0 aliphatic carbocycles.